The summed E-state index contributed by atoms with van der Waals surface area (Å²) in [5, 5.41) is 3.52. The molecule has 3 heterocycles. The van der Waals surface area contributed by atoms with Crippen LogP contribution < -0.4 is 5.32 Å². The van der Waals surface area contributed by atoms with Gasteiger partial charge in [0, 0.05) is 25.4 Å². The molecule has 0 bridgehead atoms. The Labute approximate surface area is 95.5 Å². The first kappa shape index (κ1) is 9.46. The molecule has 2 aliphatic rings. The molecule has 3 heteroatoms. The van der Waals surface area contributed by atoms with Crippen molar-refractivity contribution in [2.75, 3.05) is 13.6 Å². The zero-order valence-corrected chi connectivity index (χ0v) is 9.57. The Morgan fingerprint density at radius 2 is 2.38 bits per heavy atom. The van der Waals surface area contributed by atoms with Crippen LogP contribution in [-0.2, 0) is 0 Å². The summed E-state index contributed by atoms with van der Waals surface area (Å²) in [5.41, 5.74) is 4.81. The van der Waals surface area contributed by atoms with E-state index >= 15 is 0 Å². The van der Waals surface area contributed by atoms with Gasteiger partial charge in [0.2, 0.25) is 0 Å². The van der Waals surface area contributed by atoms with Crippen LogP contribution in [0.15, 0.2) is 36.2 Å². The fourth-order valence-corrected chi connectivity index (χ4v) is 2.41. The molecule has 1 unspecified atom stereocenters. The highest BCUT2D eigenvalue weighted by atomic mass is 15.2. The van der Waals surface area contributed by atoms with Crippen molar-refractivity contribution in [3.05, 3.63) is 47.4 Å². The number of rotatable bonds is 0. The lowest BCUT2D eigenvalue weighted by molar-refractivity contribution is 0.501. The minimum Gasteiger partial charge on any atom is -0.377 e. The maximum Gasteiger partial charge on any atom is 0.0936 e. The second-order valence-corrected chi connectivity index (χ2v) is 4.35. The molecule has 0 saturated carbocycles. The fraction of sp³-hybridized carbons (Fsp3) is 0.308. The summed E-state index contributed by atoms with van der Waals surface area (Å²) < 4.78 is 0. The van der Waals surface area contributed by atoms with Crippen molar-refractivity contribution in [3.8, 4) is 0 Å². The molecule has 3 nitrogen and oxygen atoms in total. The van der Waals surface area contributed by atoms with E-state index in [0.717, 1.165) is 12.2 Å². The summed E-state index contributed by atoms with van der Waals surface area (Å²) in [7, 11) is 2.11. The highest BCUT2D eigenvalue weighted by Gasteiger charge is 2.26. The van der Waals surface area contributed by atoms with E-state index in [0.29, 0.717) is 6.04 Å². The molecule has 3 rings (SSSR count). The predicted octanol–water partition coefficient (Wildman–Crippen LogP) is 1.92. The molecular weight excluding hydrogens is 198 g/mol. The Morgan fingerprint density at radius 3 is 3.25 bits per heavy atom. The molecule has 0 saturated heterocycles. The number of hydrogen-bond acceptors (Lipinski definition) is 3. The Morgan fingerprint density at radius 1 is 1.50 bits per heavy atom. The van der Waals surface area contributed by atoms with Gasteiger partial charge in [-0.1, -0.05) is 12.1 Å². The Bertz CT molecular complexity index is 488. The summed E-state index contributed by atoms with van der Waals surface area (Å²) in [6.45, 7) is 3.12. The van der Waals surface area contributed by atoms with E-state index in [-0.39, 0.29) is 0 Å². The molecule has 0 aromatic carbocycles. The van der Waals surface area contributed by atoms with Crippen LogP contribution in [-0.4, -0.2) is 23.5 Å². The van der Waals surface area contributed by atoms with Gasteiger partial charge in [-0.3, -0.25) is 4.98 Å². The highest BCUT2D eigenvalue weighted by Crippen LogP contribution is 2.33. The van der Waals surface area contributed by atoms with Gasteiger partial charge in [-0.05, 0) is 19.1 Å². The zero-order valence-electron chi connectivity index (χ0n) is 9.57. The van der Waals surface area contributed by atoms with Gasteiger partial charge in [0.05, 0.1) is 23.1 Å². The lowest BCUT2D eigenvalue weighted by atomic mass is 9.97. The van der Waals surface area contributed by atoms with Gasteiger partial charge in [0.15, 0.2) is 0 Å². The van der Waals surface area contributed by atoms with Crippen LogP contribution in [0.2, 0.25) is 0 Å². The second-order valence-electron chi connectivity index (χ2n) is 4.35. The summed E-state index contributed by atoms with van der Waals surface area (Å²) in [4.78, 5) is 6.77. The standard InChI is InChI=1S/C13H15N3/c1-9-10-5-3-7-14-12(10)13-11(15-9)6-4-8-16(13)2/h3-7,9,15H,8H2,1-2H3. The number of likely N-dealkylation sites (N-methyl/N-ethyl adjacent to an activating group) is 1. The number of nitrogens with one attached hydrogen (secondary N) is 1. The SMILES string of the molecule is CC1NC2=C(c3ncccc31)N(C)CC=C2. The monoisotopic (exact) mass is 213 g/mol. The molecule has 1 N–H and O–H groups in total. The summed E-state index contributed by atoms with van der Waals surface area (Å²) >= 11 is 0. The average Bonchev–Trinajstić information content (AvgIpc) is 2.29. The molecule has 16 heavy (non-hydrogen) atoms. The van der Waals surface area contributed by atoms with Gasteiger partial charge in [0.25, 0.3) is 0 Å². The van der Waals surface area contributed by atoms with Crippen LogP contribution in [0, 0.1) is 0 Å². The third-order valence-corrected chi connectivity index (χ3v) is 3.20. The van der Waals surface area contributed by atoms with Crippen molar-refractivity contribution < 1.29 is 0 Å². The smallest absolute Gasteiger partial charge is 0.0936 e. The van der Waals surface area contributed by atoms with E-state index in [1.807, 2.05) is 12.3 Å². The first-order valence-corrected chi connectivity index (χ1v) is 5.61. The van der Waals surface area contributed by atoms with E-state index in [4.69, 9.17) is 0 Å². The molecule has 0 radical (unpaired) electrons. The first-order valence-electron chi connectivity index (χ1n) is 5.61. The molecule has 0 spiro atoms. The Balaban J connectivity index is 2.22. The largest absolute Gasteiger partial charge is 0.377 e. The summed E-state index contributed by atoms with van der Waals surface area (Å²) in [6.07, 6.45) is 6.20. The third-order valence-electron chi connectivity index (χ3n) is 3.20. The van der Waals surface area contributed by atoms with Crippen molar-refractivity contribution in [3.63, 3.8) is 0 Å². The maximum absolute atomic E-state index is 4.53. The second kappa shape index (κ2) is 3.37. The molecule has 0 aliphatic carbocycles. The van der Waals surface area contributed by atoms with E-state index in [1.165, 1.54) is 17.0 Å². The van der Waals surface area contributed by atoms with Crippen molar-refractivity contribution in [1.82, 2.24) is 15.2 Å². The Kier molecular flexibility index (Phi) is 1.99. The lowest BCUT2D eigenvalue weighted by Gasteiger charge is -2.34. The first-order chi connectivity index (χ1) is 7.77. The zero-order chi connectivity index (χ0) is 11.1. The quantitative estimate of drug-likeness (QED) is 0.713. The van der Waals surface area contributed by atoms with Crippen LogP contribution in [0.3, 0.4) is 0 Å². The molecule has 1 aromatic rings. The average molecular weight is 213 g/mol. The predicted molar refractivity (Wildman–Crippen MR) is 64.5 cm³/mol. The number of fused-ring (bicyclic) bond motifs is 2. The van der Waals surface area contributed by atoms with Crippen LogP contribution in [0.1, 0.15) is 24.2 Å². The molecule has 1 atom stereocenters. The third kappa shape index (κ3) is 1.24. The highest BCUT2D eigenvalue weighted by molar-refractivity contribution is 5.72. The molecule has 2 aliphatic heterocycles. The molecule has 82 valence electrons. The normalized spacial score (nSPS) is 22.6. The van der Waals surface area contributed by atoms with Crippen LogP contribution in [0.5, 0.6) is 0 Å². The van der Waals surface area contributed by atoms with Crippen LogP contribution >= 0.6 is 0 Å². The van der Waals surface area contributed by atoms with Crippen molar-refractivity contribution in [2.24, 2.45) is 0 Å². The van der Waals surface area contributed by atoms with Crippen molar-refractivity contribution in [2.45, 2.75) is 13.0 Å². The molecule has 0 amide bonds. The topological polar surface area (TPSA) is 28.2 Å². The minimum absolute atomic E-state index is 0.332. The fourth-order valence-electron chi connectivity index (χ4n) is 2.41. The van der Waals surface area contributed by atoms with Gasteiger partial charge in [0.1, 0.15) is 0 Å². The Hall–Kier alpha value is -1.77. The lowest BCUT2D eigenvalue weighted by Crippen LogP contribution is -2.33. The van der Waals surface area contributed by atoms with Crippen molar-refractivity contribution in [1.29, 1.82) is 0 Å². The van der Waals surface area contributed by atoms with E-state index in [2.05, 4.69) is 47.4 Å². The van der Waals surface area contributed by atoms with Gasteiger partial charge in [-0.15, -0.1) is 0 Å². The number of nitrogens with zero attached hydrogens (tertiary/aromatic N) is 2. The number of allylic oxidation sites excluding steroid dienone is 1. The van der Waals surface area contributed by atoms with Crippen molar-refractivity contribution >= 4 is 5.70 Å². The van der Waals surface area contributed by atoms with Gasteiger partial charge in [-0.2, -0.15) is 0 Å². The van der Waals surface area contributed by atoms with E-state index < -0.39 is 0 Å². The van der Waals surface area contributed by atoms with Gasteiger partial charge >= 0.3 is 0 Å². The summed E-state index contributed by atoms with van der Waals surface area (Å²) in [6, 6.07) is 4.48. The molecule has 1 aromatic heterocycles. The number of pyridine rings is 1. The minimum atomic E-state index is 0.332. The van der Waals surface area contributed by atoms with Gasteiger partial charge in [-0.25, -0.2) is 0 Å². The molecular formula is C13H15N3. The maximum atomic E-state index is 4.53. The number of hydrogen-bond donors (Lipinski definition) is 1. The van der Waals surface area contributed by atoms with Crippen LogP contribution in [0.4, 0.5) is 0 Å². The van der Waals surface area contributed by atoms with E-state index in [1.54, 1.807) is 0 Å². The molecule has 0 fully saturated rings. The van der Waals surface area contributed by atoms with E-state index in [9.17, 15) is 0 Å². The van der Waals surface area contributed by atoms with Gasteiger partial charge < -0.3 is 10.2 Å². The summed E-state index contributed by atoms with van der Waals surface area (Å²) in [5.74, 6) is 0. The van der Waals surface area contributed by atoms with Crippen LogP contribution in [0.25, 0.3) is 5.70 Å². The number of aromatic nitrogens is 1.